The smallest absolute Gasteiger partial charge is 0.298 e. The maximum absolute atomic E-state index is 11.3. The molecule has 5 nitrogen and oxygen atoms in total. The van der Waals surface area contributed by atoms with Crippen LogP contribution in [0, 0.1) is 0 Å². The van der Waals surface area contributed by atoms with E-state index in [1.807, 2.05) is 6.07 Å². The second kappa shape index (κ2) is 5.05. The van der Waals surface area contributed by atoms with Gasteiger partial charge in [0.1, 0.15) is 16.4 Å². The van der Waals surface area contributed by atoms with Crippen LogP contribution in [0.3, 0.4) is 0 Å². The molecule has 0 aromatic heterocycles. The van der Waals surface area contributed by atoms with Crippen LogP contribution in [0.2, 0.25) is 0 Å². The number of phenolic OH excluding ortho intramolecular Hbond substituents is 2. The van der Waals surface area contributed by atoms with E-state index in [-0.39, 0.29) is 11.3 Å². The molecule has 0 fully saturated rings. The number of phenols is 2. The fourth-order valence-corrected chi connectivity index (χ4v) is 2.97. The Labute approximate surface area is 123 Å². The molecule has 0 heterocycles. The first-order valence-corrected chi connectivity index (χ1v) is 7.68. The third kappa shape index (κ3) is 2.72. The topological polar surface area (TPSA) is 94.8 Å². The Morgan fingerprint density at radius 1 is 0.952 bits per heavy atom. The van der Waals surface area contributed by atoms with Gasteiger partial charge in [0, 0.05) is 11.0 Å². The quantitative estimate of drug-likeness (QED) is 0.758. The van der Waals surface area contributed by atoms with Crippen molar-refractivity contribution >= 4 is 10.1 Å². The van der Waals surface area contributed by atoms with Gasteiger partial charge in [0.05, 0.1) is 0 Å². The maximum atomic E-state index is 11.3. The third-order valence-electron chi connectivity index (χ3n) is 3.52. The number of rotatable bonds is 3. The summed E-state index contributed by atoms with van der Waals surface area (Å²) in [6.45, 7) is 3.48. The summed E-state index contributed by atoms with van der Waals surface area (Å²) in [5, 5.41) is 20.2. The molecule has 112 valence electrons. The van der Waals surface area contributed by atoms with Gasteiger partial charge in [-0.1, -0.05) is 44.2 Å². The van der Waals surface area contributed by atoms with Crippen molar-refractivity contribution in [1.29, 1.82) is 0 Å². The van der Waals surface area contributed by atoms with E-state index in [1.165, 1.54) is 0 Å². The monoisotopic (exact) mass is 308 g/mol. The van der Waals surface area contributed by atoms with Crippen LogP contribution in [0.25, 0.3) is 0 Å². The SMILES string of the molecule is CC(C)(c1ccccc1)c1c(O)ccc(S(=O)(=O)O)c1O. The average Bonchev–Trinajstić information content (AvgIpc) is 2.38. The highest BCUT2D eigenvalue weighted by molar-refractivity contribution is 7.86. The highest BCUT2D eigenvalue weighted by Crippen LogP contribution is 2.44. The second-order valence-electron chi connectivity index (χ2n) is 5.27. The summed E-state index contributed by atoms with van der Waals surface area (Å²) in [4.78, 5) is -0.626. The zero-order valence-corrected chi connectivity index (χ0v) is 12.4. The highest BCUT2D eigenvalue weighted by atomic mass is 32.2. The minimum absolute atomic E-state index is 0.0452. The Bertz CT molecular complexity index is 764. The first-order chi connectivity index (χ1) is 9.65. The first kappa shape index (κ1) is 15.3. The van der Waals surface area contributed by atoms with Crippen LogP contribution in [0.15, 0.2) is 47.4 Å². The van der Waals surface area contributed by atoms with E-state index in [2.05, 4.69) is 0 Å². The van der Waals surface area contributed by atoms with Gasteiger partial charge in [-0.05, 0) is 17.7 Å². The molecule has 0 bridgehead atoms. The second-order valence-corrected chi connectivity index (χ2v) is 6.66. The molecule has 21 heavy (non-hydrogen) atoms. The molecular formula is C15H16O5S. The summed E-state index contributed by atoms with van der Waals surface area (Å²) in [7, 11) is -4.58. The number of hydrogen-bond donors (Lipinski definition) is 3. The van der Waals surface area contributed by atoms with Gasteiger partial charge in [-0.3, -0.25) is 4.55 Å². The summed E-state index contributed by atoms with van der Waals surface area (Å²) >= 11 is 0. The predicted octanol–water partition coefficient (Wildman–Crippen LogP) is 2.67. The van der Waals surface area contributed by atoms with E-state index in [4.69, 9.17) is 4.55 Å². The average molecular weight is 308 g/mol. The van der Waals surface area contributed by atoms with Gasteiger partial charge in [-0.15, -0.1) is 0 Å². The molecule has 0 aliphatic rings. The molecule has 0 unspecified atom stereocenters. The van der Waals surface area contributed by atoms with Gasteiger partial charge >= 0.3 is 0 Å². The fourth-order valence-electron chi connectivity index (χ4n) is 2.38. The van der Waals surface area contributed by atoms with Crippen molar-refractivity contribution < 1.29 is 23.2 Å². The lowest BCUT2D eigenvalue weighted by Crippen LogP contribution is -2.20. The Kier molecular flexibility index (Phi) is 3.69. The van der Waals surface area contributed by atoms with E-state index >= 15 is 0 Å². The predicted molar refractivity (Wildman–Crippen MR) is 78.2 cm³/mol. The number of benzene rings is 2. The maximum Gasteiger partial charge on any atom is 0.298 e. The Balaban J connectivity index is 2.75. The normalized spacial score (nSPS) is 12.3. The van der Waals surface area contributed by atoms with Crippen molar-refractivity contribution in [2.45, 2.75) is 24.2 Å². The highest BCUT2D eigenvalue weighted by Gasteiger charge is 2.32. The molecule has 0 amide bonds. The molecule has 2 aromatic rings. The van der Waals surface area contributed by atoms with E-state index in [0.29, 0.717) is 0 Å². The molecule has 2 rings (SSSR count). The largest absolute Gasteiger partial charge is 0.507 e. The van der Waals surface area contributed by atoms with Crippen molar-refractivity contribution in [3.8, 4) is 11.5 Å². The molecule has 6 heteroatoms. The summed E-state index contributed by atoms with van der Waals surface area (Å²) in [5.41, 5.74) is -0.0252. The van der Waals surface area contributed by atoms with Crippen LogP contribution < -0.4 is 0 Å². The molecule has 2 aromatic carbocycles. The van der Waals surface area contributed by atoms with Crippen LogP contribution in [-0.4, -0.2) is 23.2 Å². The van der Waals surface area contributed by atoms with Gasteiger partial charge in [-0.25, -0.2) is 0 Å². The van der Waals surface area contributed by atoms with Crippen LogP contribution >= 0.6 is 0 Å². The minimum atomic E-state index is -4.58. The van der Waals surface area contributed by atoms with E-state index < -0.39 is 26.2 Å². The Morgan fingerprint density at radius 3 is 2.05 bits per heavy atom. The Morgan fingerprint density at radius 2 is 1.52 bits per heavy atom. The van der Waals surface area contributed by atoms with Crippen molar-refractivity contribution in [2.24, 2.45) is 0 Å². The fraction of sp³-hybridized carbons (Fsp3) is 0.200. The van der Waals surface area contributed by atoms with E-state index in [1.54, 1.807) is 38.1 Å². The summed E-state index contributed by atoms with van der Waals surface area (Å²) in [5.74, 6) is -0.889. The van der Waals surface area contributed by atoms with Gasteiger partial charge in [0.25, 0.3) is 10.1 Å². The van der Waals surface area contributed by atoms with Crippen LogP contribution in [0.1, 0.15) is 25.0 Å². The number of aromatic hydroxyl groups is 2. The zero-order chi connectivity index (χ0) is 15.8. The summed E-state index contributed by atoms with van der Waals surface area (Å²) in [6.07, 6.45) is 0. The van der Waals surface area contributed by atoms with Gasteiger partial charge in [0.15, 0.2) is 0 Å². The van der Waals surface area contributed by atoms with E-state index in [0.717, 1.165) is 17.7 Å². The van der Waals surface area contributed by atoms with Crippen molar-refractivity contribution in [3.63, 3.8) is 0 Å². The lowest BCUT2D eigenvalue weighted by Gasteiger charge is -2.28. The molecule has 0 radical (unpaired) electrons. The number of hydrogen-bond acceptors (Lipinski definition) is 4. The molecule has 0 aliphatic carbocycles. The molecular weight excluding hydrogens is 292 g/mol. The third-order valence-corrected chi connectivity index (χ3v) is 4.40. The van der Waals surface area contributed by atoms with Crippen LogP contribution in [0.4, 0.5) is 0 Å². The molecule has 0 atom stereocenters. The molecule has 0 spiro atoms. The summed E-state index contributed by atoms with van der Waals surface area (Å²) in [6, 6.07) is 11.1. The van der Waals surface area contributed by atoms with Crippen molar-refractivity contribution in [2.75, 3.05) is 0 Å². The van der Waals surface area contributed by atoms with Crippen molar-refractivity contribution in [1.82, 2.24) is 0 Å². The van der Waals surface area contributed by atoms with Gasteiger partial charge in [-0.2, -0.15) is 8.42 Å². The first-order valence-electron chi connectivity index (χ1n) is 6.24. The lowest BCUT2D eigenvalue weighted by molar-refractivity contribution is 0.403. The minimum Gasteiger partial charge on any atom is -0.507 e. The molecule has 0 aliphatic heterocycles. The van der Waals surface area contributed by atoms with Gasteiger partial charge in [0.2, 0.25) is 0 Å². The summed E-state index contributed by atoms with van der Waals surface area (Å²) < 4.78 is 31.7. The zero-order valence-electron chi connectivity index (χ0n) is 11.6. The Hall–Kier alpha value is -2.05. The molecule has 0 saturated heterocycles. The van der Waals surface area contributed by atoms with E-state index in [9.17, 15) is 18.6 Å². The van der Waals surface area contributed by atoms with Crippen molar-refractivity contribution in [3.05, 3.63) is 53.6 Å². The van der Waals surface area contributed by atoms with Gasteiger partial charge < -0.3 is 10.2 Å². The lowest BCUT2D eigenvalue weighted by atomic mass is 9.77. The molecule has 3 N–H and O–H groups in total. The van der Waals surface area contributed by atoms with Crippen LogP contribution in [-0.2, 0) is 15.5 Å². The standard InChI is InChI=1S/C15H16O5S/c1-15(2,10-6-4-3-5-7-10)13-11(16)8-9-12(14(13)17)21(18,19)20/h3-9,16-17H,1-2H3,(H,18,19,20). The van der Waals surface area contributed by atoms with Crippen LogP contribution in [0.5, 0.6) is 11.5 Å². The molecule has 0 saturated carbocycles.